The molecule has 0 aliphatic carbocycles. The normalized spacial score (nSPS) is 14.3. The average molecular weight is 257 g/mol. The van der Waals surface area contributed by atoms with Gasteiger partial charge in [-0.05, 0) is 37.5 Å². The number of aryl methyl sites for hydroxylation is 1. The zero-order valence-corrected chi connectivity index (χ0v) is 10.7. The summed E-state index contributed by atoms with van der Waals surface area (Å²) in [6.07, 6.45) is 1.80. The van der Waals surface area contributed by atoms with Crippen molar-refractivity contribution < 1.29 is 4.79 Å². The van der Waals surface area contributed by atoms with Gasteiger partial charge in [0, 0.05) is 17.9 Å². The van der Waals surface area contributed by atoms with Crippen LogP contribution in [0.25, 0.3) is 0 Å². The van der Waals surface area contributed by atoms with Gasteiger partial charge in [0.2, 0.25) is 5.82 Å². The summed E-state index contributed by atoms with van der Waals surface area (Å²) in [5, 5.41) is 6.62. The summed E-state index contributed by atoms with van der Waals surface area (Å²) in [5.41, 5.74) is 8.62. The van der Waals surface area contributed by atoms with Crippen molar-refractivity contribution in [1.82, 2.24) is 15.2 Å². The highest BCUT2D eigenvalue weighted by Gasteiger charge is 2.26. The van der Waals surface area contributed by atoms with Crippen molar-refractivity contribution in [3.63, 3.8) is 0 Å². The molecule has 3 N–H and O–H groups in total. The van der Waals surface area contributed by atoms with E-state index < -0.39 is 0 Å². The van der Waals surface area contributed by atoms with Crippen molar-refractivity contribution in [2.24, 2.45) is 0 Å². The summed E-state index contributed by atoms with van der Waals surface area (Å²) in [5.74, 6) is 0.650. The Hall–Kier alpha value is -2.37. The molecule has 0 saturated heterocycles. The minimum atomic E-state index is -0.184. The third-order valence-electron chi connectivity index (χ3n) is 3.32. The topological polar surface area (TPSA) is 87.9 Å². The molecule has 6 heteroatoms. The molecule has 1 aromatic heterocycles. The molecule has 1 aliphatic rings. The van der Waals surface area contributed by atoms with Gasteiger partial charge in [-0.15, -0.1) is 5.10 Å². The zero-order valence-electron chi connectivity index (χ0n) is 10.7. The zero-order chi connectivity index (χ0) is 13.4. The highest BCUT2D eigenvalue weighted by Crippen LogP contribution is 2.31. The van der Waals surface area contributed by atoms with E-state index in [-0.39, 0.29) is 11.7 Å². The van der Waals surface area contributed by atoms with Gasteiger partial charge in [-0.25, -0.2) is 4.98 Å². The van der Waals surface area contributed by atoms with Gasteiger partial charge >= 0.3 is 0 Å². The number of nitrogens with one attached hydrogen (secondary N) is 1. The van der Waals surface area contributed by atoms with Crippen LogP contribution in [0.4, 0.5) is 11.4 Å². The van der Waals surface area contributed by atoms with E-state index in [2.05, 4.69) is 15.2 Å². The standard InChI is InChI=1S/C13H15N5O/c1-8-15-12(17-16-8)13(19)18-7-3-4-9-10(14)5-2-6-11(9)18/h2,5-6H,3-4,7,14H2,1H3,(H,15,16,17). The van der Waals surface area contributed by atoms with Crippen molar-refractivity contribution in [2.45, 2.75) is 19.8 Å². The van der Waals surface area contributed by atoms with Gasteiger partial charge in [0.05, 0.1) is 0 Å². The van der Waals surface area contributed by atoms with E-state index in [1.807, 2.05) is 18.2 Å². The predicted octanol–water partition coefficient (Wildman–Crippen LogP) is 1.29. The number of hydrogen-bond donors (Lipinski definition) is 2. The molecule has 6 nitrogen and oxygen atoms in total. The second-order valence-electron chi connectivity index (χ2n) is 4.65. The first-order valence-electron chi connectivity index (χ1n) is 6.25. The van der Waals surface area contributed by atoms with Gasteiger partial charge in [0.25, 0.3) is 5.91 Å². The Morgan fingerprint density at radius 1 is 1.47 bits per heavy atom. The van der Waals surface area contributed by atoms with Crippen LogP contribution in [0.2, 0.25) is 0 Å². The van der Waals surface area contributed by atoms with Crippen molar-refractivity contribution >= 4 is 17.3 Å². The van der Waals surface area contributed by atoms with Crippen molar-refractivity contribution in [1.29, 1.82) is 0 Å². The Bertz CT molecular complexity index is 634. The minimum Gasteiger partial charge on any atom is -0.398 e. The van der Waals surface area contributed by atoms with Crippen LogP contribution in [0.1, 0.15) is 28.4 Å². The highest BCUT2D eigenvalue weighted by molar-refractivity contribution is 6.04. The van der Waals surface area contributed by atoms with Crippen LogP contribution in [0.15, 0.2) is 18.2 Å². The number of H-pyrrole nitrogens is 1. The molecule has 1 aliphatic heterocycles. The molecule has 2 heterocycles. The summed E-state index contributed by atoms with van der Waals surface area (Å²) in [7, 11) is 0. The lowest BCUT2D eigenvalue weighted by atomic mass is 10.00. The molecule has 2 aromatic rings. The van der Waals surface area contributed by atoms with E-state index >= 15 is 0 Å². The Morgan fingerprint density at radius 2 is 2.32 bits per heavy atom. The molecule has 1 amide bonds. The maximum absolute atomic E-state index is 12.4. The number of nitrogen functional groups attached to an aromatic ring is 1. The van der Waals surface area contributed by atoms with E-state index in [4.69, 9.17) is 5.73 Å². The number of hydrogen-bond acceptors (Lipinski definition) is 4. The third-order valence-corrected chi connectivity index (χ3v) is 3.32. The van der Waals surface area contributed by atoms with E-state index in [9.17, 15) is 4.79 Å². The summed E-state index contributed by atoms with van der Waals surface area (Å²) >= 11 is 0. The fraction of sp³-hybridized carbons (Fsp3) is 0.308. The molecule has 0 fully saturated rings. The molecule has 19 heavy (non-hydrogen) atoms. The van der Waals surface area contributed by atoms with Gasteiger partial charge in [-0.2, -0.15) is 0 Å². The number of rotatable bonds is 1. The Morgan fingerprint density at radius 3 is 3.05 bits per heavy atom. The fourth-order valence-corrected chi connectivity index (χ4v) is 2.42. The average Bonchev–Trinajstić information content (AvgIpc) is 2.85. The Balaban J connectivity index is 2.00. The fourth-order valence-electron chi connectivity index (χ4n) is 2.42. The Kier molecular flexibility index (Phi) is 2.70. The summed E-state index contributed by atoms with van der Waals surface area (Å²) in [6.45, 7) is 2.44. The number of anilines is 2. The van der Waals surface area contributed by atoms with Gasteiger partial charge in [0.1, 0.15) is 5.82 Å². The number of nitrogens with zero attached hydrogens (tertiary/aromatic N) is 3. The number of nitrogens with two attached hydrogens (primary N) is 1. The molecule has 98 valence electrons. The molecule has 0 atom stereocenters. The van der Waals surface area contributed by atoms with Crippen LogP contribution in [0.3, 0.4) is 0 Å². The summed E-state index contributed by atoms with van der Waals surface area (Å²) in [6, 6.07) is 5.65. The largest absolute Gasteiger partial charge is 0.398 e. The molecular formula is C13H15N5O. The van der Waals surface area contributed by atoms with Gasteiger partial charge in [0.15, 0.2) is 0 Å². The molecule has 3 rings (SSSR count). The second-order valence-corrected chi connectivity index (χ2v) is 4.65. The lowest BCUT2D eigenvalue weighted by Gasteiger charge is -2.29. The highest BCUT2D eigenvalue weighted by atomic mass is 16.2. The molecule has 1 aromatic carbocycles. The van der Waals surface area contributed by atoms with E-state index in [1.165, 1.54) is 0 Å². The van der Waals surface area contributed by atoms with Gasteiger partial charge in [-0.1, -0.05) is 6.07 Å². The van der Waals surface area contributed by atoms with E-state index in [0.29, 0.717) is 12.4 Å². The number of aromatic nitrogens is 3. The second kappa shape index (κ2) is 4.38. The Labute approximate surface area is 110 Å². The third kappa shape index (κ3) is 1.95. The summed E-state index contributed by atoms with van der Waals surface area (Å²) < 4.78 is 0. The lowest BCUT2D eigenvalue weighted by molar-refractivity contribution is 0.0975. The predicted molar refractivity (Wildman–Crippen MR) is 72.0 cm³/mol. The number of aromatic amines is 1. The SMILES string of the molecule is Cc1nc(C(=O)N2CCCc3c(N)cccc32)n[nH]1. The van der Waals surface area contributed by atoms with E-state index in [1.54, 1.807) is 11.8 Å². The maximum Gasteiger partial charge on any atom is 0.297 e. The number of benzene rings is 1. The van der Waals surface area contributed by atoms with Crippen molar-refractivity contribution in [3.8, 4) is 0 Å². The van der Waals surface area contributed by atoms with Crippen LogP contribution in [0, 0.1) is 6.92 Å². The lowest BCUT2D eigenvalue weighted by Crippen LogP contribution is -2.36. The first kappa shape index (κ1) is 11.7. The van der Waals surface area contributed by atoms with Gasteiger partial charge in [-0.3, -0.25) is 9.89 Å². The van der Waals surface area contributed by atoms with E-state index in [0.717, 1.165) is 29.8 Å². The van der Waals surface area contributed by atoms with Crippen LogP contribution < -0.4 is 10.6 Å². The first-order valence-corrected chi connectivity index (χ1v) is 6.25. The molecule has 0 saturated carbocycles. The van der Waals surface area contributed by atoms with Crippen molar-refractivity contribution in [3.05, 3.63) is 35.4 Å². The molecular weight excluding hydrogens is 242 g/mol. The quantitative estimate of drug-likeness (QED) is 0.753. The smallest absolute Gasteiger partial charge is 0.297 e. The van der Waals surface area contributed by atoms with Crippen LogP contribution in [-0.4, -0.2) is 27.6 Å². The number of amides is 1. The molecule has 0 bridgehead atoms. The van der Waals surface area contributed by atoms with Gasteiger partial charge < -0.3 is 10.6 Å². The minimum absolute atomic E-state index is 0.184. The monoisotopic (exact) mass is 257 g/mol. The van der Waals surface area contributed by atoms with Crippen molar-refractivity contribution in [2.75, 3.05) is 17.2 Å². The molecule has 0 spiro atoms. The first-order chi connectivity index (χ1) is 9.16. The number of carbonyl (C=O) groups excluding carboxylic acids is 1. The van der Waals surface area contributed by atoms with Crippen LogP contribution in [0.5, 0.6) is 0 Å². The summed E-state index contributed by atoms with van der Waals surface area (Å²) in [4.78, 5) is 18.2. The van der Waals surface area contributed by atoms with Crippen LogP contribution in [-0.2, 0) is 6.42 Å². The maximum atomic E-state index is 12.4. The van der Waals surface area contributed by atoms with Crippen LogP contribution >= 0.6 is 0 Å². The number of carbonyl (C=O) groups is 1. The number of fused-ring (bicyclic) bond motifs is 1. The molecule has 0 radical (unpaired) electrons. The molecule has 0 unspecified atom stereocenters.